The van der Waals surface area contributed by atoms with E-state index in [4.69, 9.17) is 23.7 Å². The quantitative estimate of drug-likeness (QED) is 0.357. The van der Waals surface area contributed by atoms with Crippen LogP contribution in [0.1, 0.15) is 26.3 Å². The molecule has 7 nitrogen and oxygen atoms in total. The van der Waals surface area contributed by atoms with E-state index >= 15 is 0 Å². The van der Waals surface area contributed by atoms with Gasteiger partial charge in [-0.2, -0.15) is 0 Å². The number of benzene rings is 3. The third-order valence-electron chi connectivity index (χ3n) is 4.87. The van der Waals surface area contributed by atoms with E-state index in [2.05, 4.69) is 0 Å². The highest BCUT2D eigenvalue weighted by atomic mass is 16.7. The Balaban J connectivity index is 1.34. The highest BCUT2D eigenvalue weighted by Gasteiger charge is 2.28. The highest BCUT2D eigenvalue weighted by Crippen LogP contribution is 2.37. The third-order valence-corrected chi connectivity index (χ3v) is 4.87. The van der Waals surface area contributed by atoms with Crippen molar-refractivity contribution in [1.29, 1.82) is 0 Å². The molecule has 0 saturated carbocycles. The second kappa shape index (κ2) is 7.53. The number of allylic oxidation sites excluding steroid dienone is 1. The maximum absolute atomic E-state index is 12.7. The molecule has 154 valence electrons. The Labute approximate surface area is 177 Å². The minimum Gasteiger partial charge on any atom is -0.497 e. The monoisotopic (exact) mass is 416 g/mol. The smallest absolute Gasteiger partial charge is 0.343 e. The molecule has 5 rings (SSSR count). The zero-order valence-corrected chi connectivity index (χ0v) is 16.4. The van der Waals surface area contributed by atoms with Crippen LogP contribution in [0.15, 0.2) is 66.4 Å². The molecule has 0 bridgehead atoms. The SMILES string of the molecule is COc1ccc(C(=O)Oc2ccc3c(c2)OC(=Cc2ccc4c(c2)OCO4)C3=O)cc1. The normalized spacial score (nSPS) is 14.9. The van der Waals surface area contributed by atoms with E-state index in [-0.39, 0.29) is 24.1 Å². The Morgan fingerprint density at radius 3 is 2.48 bits per heavy atom. The maximum Gasteiger partial charge on any atom is 0.343 e. The summed E-state index contributed by atoms with van der Waals surface area (Å²) >= 11 is 0. The molecule has 0 fully saturated rings. The molecule has 2 heterocycles. The van der Waals surface area contributed by atoms with E-state index in [1.165, 1.54) is 6.07 Å². The third kappa shape index (κ3) is 3.57. The number of Topliss-reactive ketones (excluding diaryl/α,β-unsaturated/α-hetero) is 1. The van der Waals surface area contributed by atoms with Crippen molar-refractivity contribution in [2.75, 3.05) is 13.9 Å². The molecule has 7 heteroatoms. The van der Waals surface area contributed by atoms with Crippen LogP contribution in [-0.2, 0) is 0 Å². The minimum atomic E-state index is -0.525. The Bertz CT molecular complexity index is 1230. The van der Waals surface area contributed by atoms with E-state index in [1.54, 1.807) is 61.7 Å². The molecular weight excluding hydrogens is 400 g/mol. The van der Waals surface area contributed by atoms with Gasteiger partial charge < -0.3 is 23.7 Å². The van der Waals surface area contributed by atoms with Crippen LogP contribution in [0.25, 0.3) is 6.08 Å². The summed E-state index contributed by atoms with van der Waals surface area (Å²) < 4.78 is 26.9. The number of fused-ring (bicyclic) bond motifs is 2. The van der Waals surface area contributed by atoms with Gasteiger partial charge in [0.15, 0.2) is 17.3 Å². The molecule has 0 atom stereocenters. The number of hydrogen-bond donors (Lipinski definition) is 0. The topological polar surface area (TPSA) is 80.3 Å². The first-order valence-corrected chi connectivity index (χ1v) is 9.45. The lowest BCUT2D eigenvalue weighted by Gasteiger charge is -2.06. The summed E-state index contributed by atoms with van der Waals surface area (Å²) in [6, 6.07) is 16.6. The number of rotatable bonds is 4. The van der Waals surface area contributed by atoms with Gasteiger partial charge in [0.25, 0.3) is 0 Å². The molecule has 0 unspecified atom stereocenters. The second-order valence-electron chi connectivity index (χ2n) is 6.83. The van der Waals surface area contributed by atoms with Crippen molar-refractivity contribution >= 4 is 17.8 Å². The average molecular weight is 416 g/mol. The van der Waals surface area contributed by atoms with Crippen molar-refractivity contribution < 1.29 is 33.3 Å². The van der Waals surface area contributed by atoms with Crippen LogP contribution < -0.4 is 23.7 Å². The summed E-state index contributed by atoms with van der Waals surface area (Å²) in [6.07, 6.45) is 1.63. The average Bonchev–Trinajstić information content (AvgIpc) is 3.38. The van der Waals surface area contributed by atoms with E-state index in [9.17, 15) is 9.59 Å². The molecule has 0 aliphatic carbocycles. The van der Waals surface area contributed by atoms with E-state index in [0.29, 0.717) is 34.1 Å². The van der Waals surface area contributed by atoms with Gasteiger partial charge in [0.2, 0.25) is 12.6 Å². The lowest BCUT2D eigenvalue weighted by molar-refractivity contribution is 0.0734. The van der Waals surface area contributed by atoms with Gasteiger partial charge >= 0.3 is 5.97 Å². The number of carbonyl (C=O) groups excluding carboxylic acids is 2. The minimum absolute atomic E-state index is 0.174. The van der Waals surface area contributed by atoms with Gasteiger partial charge in [0.1, 0.15) is 17.2 Å². The molecule has 3 aromatic carbocycles. The van der Waals surface area contributed by atoms with Gasteiger partial charge in [-0.25, -0.2) is 4.79 Å². The Morgan fingerprint density at radius 2 is 1.68 bits per heavy atom. The molecule has 2 aliphatic heterocycles. The standard InChI is InChI=1S/C24H16O7/c1-27-16-5-3-15(4-6-16)24(26)30-17-7-8-18-20(12-17)31-22(23(18)25)11-14-2-9-19-21(10-14)29-13-28-19/h2-12H,13H2,1H3. The molecular formula is C24H16O7. The molecule has 3 aromatic rings. The summed E-state index contributed by atoms with van der Waals surface area (Å²) in [7, 11) is 1.55. The molecule has 0 amide bonds. The van der Waals surface area contributed by atoms with Gasteiger partial charge in [-0.05, 0) is 60.2 Å². The van der Waals surface area contributed by atoms with Crippen LogP contribution in [0.3, 0.4) is 0 Å². The van der Waals surface area contributed by atoms with Crippen molar-refractivity contribution in [3.05, 3.63) is 83.1 Å². The first-order chi connectivity index (χ1) is 15.1. The number of carbonyl (C=O) groups is 2. The van der Waals surface area contributed by atoms with Crippen molar-refractivity contribution in [3.63, 3.8) is 0 Å². The van der Waals surface area contributed by atoms with Crippen LogP contribution in [0.4, 0.5) is 0 Å². The number of esters is 1. The fraction of sp³-hybridized carbons (Fsp3) is 0.0833. The van der Waals surface area contributed by atoms with Crippen molar-refractivity contribution in [1.82, 2.24) is 0 Å². The fourth-order valence-corrected chi connectivity index (χ4v) is 3.28. The highest BCUT2D eigenvalue weighted by molar-refractivity contribution is 6.14. The van der Waals surface area contributed by atoms with Gasteiger partial charge in [-0.3, -0.25) is 4.79 Å². The molecule has 0 spiro atoms. The van der Waals surface area contributed by atoms with Gasteiger partial charge in [-0.1, -0.05) is 6.07 Å². The molecule has 0 N–H and O–H groups in total. The number of ether oxygens (including phenoxy) is 5. The van der Waals surface area contributed by atoms with Gasteiger partial charge in [0.05, 0.1) is 18.2 Å². The Kier molecular flexibility index (Phi) is 4.55. The summed E-state index contributed by atoms with van der Waals surface area (Å²) in [4.78, 5) is 25.1. The summed E-state index contributed by atoms with van der Waals surface area (Å²) in [5.74, 6) is 1.92. The molecule has 0 saturated heterocycles. The predicted molar refractivity (Wildman–Crippen MR) is 110 cm³/mol. The first kappa shape index (κ1) is 18.7. The van der Waals surface area contributed by atoms with Crippen molar-refractivity contribution in [2.24, 2.45) is 0 Å². The van der Waals surface area contributed by atoms with Crippen LogP contribution in [0.5, 0.6) is 28.7 Å². The summed E-state index contributed by atoms with van der Waals surface area (Å²) in [5, 5.41) is 0. The van der Waals surface area contributed by atoms with Gasteiger partial charge in [-0.15, -0.1) is 0 Å². The van der Waals surface area contributed by atoms with E-state index < -0.39 is 5.97 Å². The zero-order valence-electron chi connectivity index (χ0n) is 16.4. The lowest BCUT2D eigenvalue weighted by atomic mass is 10.1. The second-order valence-corrected chi connectivity index (χ2v) is 6.83. The van der Waals surface area contributed by atoms with Gasteiger partial charge in [0, 0.05) is 6.07 Å². The molecule has 2 aliphatic rings. The summed E-state index contributed by atoms with van der Waals surface area (Å²) in [6.45, 7) is 0.175. The molecule has 31 heavy (non-hydrogen) atoms. The Morgan fingerprint density at radius 1 is 0.903 bits per heavy atom. The van der Waals surface area contributed by atoms with E-state index in [0.717, 1.165) is 5.56 Å². The van der Waals surface area contributed by atoms with Crippen molar-refractivity contribution in [2.45, 2.75) is 0 Å². The van der Waals surface area contributed by atoms with Crippen LogP contribution >= 0.6 is 0 Å². The van der Waals surface area contributed by atoms with Crippen LogP contribution in [0, 0.1) is 0 Å². The lowest BCUT2D eigenvalue weighted by Crippen LogP contribution is -2.08. The molecule has 0 aromatic heterocycles. The number of methoxy groups -OCH3 is 1. The molecule has 0 radical (unpaired) electrons. The van der Waals surface area contributed by atoms with Crippen LogP contribution in [0.2, 0.25) is 0 Å². The number of hydrogen-bond acceptors (Lipinski definition) is 7. The fourth-order valence-electron chi connectivity index (χ4n) is 3.28. The van der Waals surface area contributed by atoms with Crippen molar-refractivity contribution in [3.8, 4) is 28.7 Å². The Hall–Kier alpha value is -4.26. The first-order valence-electron chi connectivity index (χ1n) is 9.45. The number of ketones is 1. The zero-order chi connectivity index (χ0) is 21.4. The van der Waals surface area contributed by atoms with Crippen LogP contribution in [-0.4, -0.2) is 25.7 Å². The summed E-state index contributed by atoms with van der Waals surface area (Å²) in [5.41, 5.74) is 1.52. The predicted octanol–water partition coefficient (Wildman–Crippen LogP) is 4.26. The largest absolute Gasteiger partial charge is 0.497 e. The van der Waals surface area contributed by atoms with E-state index in [1.807, 2.05) is 6.07 Å². The maximum atomic E-state index is 12.7.